The van der Waals surface area contributed by atoms with E-state index in [9.17, 15) is 9.59 Å². The third-order valence-electron chi connectivity index (χ3n) is 8.40. The fourth-order valence-corrected chi connectivity index (χ4v) is 6.37. The number of nitrogens with zero attached hydrogens (tertiary/aromatic N) is 5. The minimum absolute atomic E-state index is 0.00636. The number of amides is 1. The highest BCUT2D eigenvalue weighted by Crippen LogP contribution is 2.32. The third kappa shape index (κ3) is 5.03. The Bertz CT molecular complexity index is 1580. The molecular formula is C30H35ClN6O2. The maximum Gasteiger partial charge on any atom is 0.326 e. The zero-order valence-electron chi connectivity index (χ0n) is 22.6. The van der Waals surface area contributed by atoms with Crippen molar-refractivity contribution in [3.8, 4) is 11.3 Å². The number of para-hydroxylation sites is 2. The Morgan fingerprint density at radius 1 is 1.10 bits per heavy atom. The van der Waals surface area contributed by atoms with E-state index in [4.69, 9.17) is 16.7 Å². The Morgan fingerprint density at radius 3 is 2.67 bits per heavy atom. The summed E-state index contributed by atoms with van der Waals surface area (Å²) in [6.45, 7) is 8.79. The summed E-state index contributed by atoms with van der Waals surface area (Å²) < 4.78 is 4.12. The highest BCUT2D eigenvalue weighted by molar-refractivity contribution is 6.31. The number of aromatic amines is 1. The van der Waals surface area contributed by atoms with Gasteiger partial charge in [0.05, 0.1) is 16.7 Å². The average molecular weight is 547 g/mol. The van der Waals surface area contributed by atoms with Crippen molar-refractivity contribution >= 4 is 28.5 Å². The number of fused-ring (bicyclic) bond motifs is 2. The Labute approximate surface area is 233 Å². The number of benzene rings is 2. The zero-order valence-corrected chi connectivity index (χ0v) is 23.4. The fourth-order valence-electron chi connectivity index (χ4n) is 6.25. The molecule has 0 aliphatic carbocycles. The molecule has 1 N–H and O–H groups in total. The second-order valence-electron chi connectivity index (χ2n) is 10.9. The summed E-state index contributed by atoms with van der Waals surface area (Å²) in [5.41, 5.74) is 7.33. The number of rotatable bonds is 6. The fraction of sp³-hybridized carbons (Fsp3) is 0.433. The highest BCUT2D eigenvalue weighted by atomic mass is 35.5. The molecule has 0 radical (unpaired) electrons. The molecule has 1 fully saturated rings. The molecule has 1 amide bonds. The minimum atomic E-state index is -0.00636. The van der Waals surface area contributed by atoms with Crippen LogP contribution in [0.5, 0.6) is 0 Å². The van der Waals surface area contributed by atoms with Crippen molar-refractivity contribution in [3.05, 3.63) is 74.8 Å². The van der Waals surface area contributed by atoms with E-state index in [2.05, 4.69) is 20.6 Å². The molecular weight excluding hydrogens is 512 g/mol. The largest absolute Gasteiger partial charge is 0.338 e. The lowest BCUT2D eigenvalue weighted by atomic mass is 9.99. The smallest absolute Gasteiger partial charge is 0.326 e. The van der Waals surface area contributed by atoms with Gasteiger partial charge in [-0.1, -0.05) is 29.8 Å². The maximum absolute atomic E-state index is 12.6. The van der Waals surface area contributed by atoms with E-state index >= 15 is 0 Å². The van der Waals surface area contributed by atoms with E-state index in [-0.39, 0.29) is 17.6 Å². The van der Waals surface area contributed by atoms with E-state index in [1.165, 1.54) is 5.69 Å². The van der Waals surface area contributed by atoms with Gasteiger partial charge in [-0.25, -0.2) is 4.79 Å². The van der Waals surface area contributed by atoms with Crippen LogP contribution >= 0.6 is 11.6 Å². The predicted octanol–water partition coefficient (Wildman–Crippen LogP) is 4.79. The summed E-state index contributed by atoms with van der Waals surface area (Å²) >= 11 is 6.29. The quantitative estimate of drug-likeness (QED) is 0.377. The number of imidazole rings is 1. The van der Waals surface area contributed by atoms with Crippen LogP contribution in [0.25, 0.3) is 22.3 Å². The topological polar surface area (TPSA) is 79.2 Å². The molecule has 6 rings (SSSR count). The van der Waals surface area contributed by atoms with Crippen molar-refractivity contribution in [1.29, 1.82) is 0 Å². The van der Waals surface area contributed by atoms with Crippen LogP contribution in [0.2, 0.25) is 5.02 Å². The van der Waals surface area contributed by atoms with Crippen molar-refractivity contribution in [3.63, 3.8) is 0 Å². The predicted molar refractivity (Wildman–Crippen MR) is 154 cm³/mol. The summed E-state index contributed by atoms with van der Waals surface area (Å²) in [5.74, 6) is 0.102. The van der Waals surface area contributed by atoms with Gasteiger partial charge in [0.15, 0.2) is 0 Å². The molecule has 0 spiro atoms. The molecule has 2 aliphatic heterocycles. The van der Waals surface area contributed by atoms with Crippen molar-refractivity contribution in [2.45, 2.75) is 58.7 Å². The Balaban J connectivity index is 1.13. The lowest BCUT2D eigenvalue weighted by molar-refractivity contribution is -0.129. The van der Waals surface area contributed by atoms with Gasteiger partial charge in [0.2, 0.25) is 5.91 Å². The number of H-pyrrole nitrogens is 1. The van der Waals surface area contributed by atoms with Crippen molar-refractivity contribution < 1.29 is 4.79 Å². The average Bonchev–Trinajstić information content (AvgIpc) is 3.47. The number of hydrogen-bond donors (Lipinski definition) is 1. The van der Waals surface area contributed by atoms with Gasteiger partial charge in [-0.3, -0.25) is 14.0 Å². The number of carbonyl (C=O) groups is 1. The molecule has 4 aromatic rings. The SMILES string of the molecule is CC(=O)N1CCc2c(c(-c3ccc(Cl)c(C)c3)nn2CCCN2CCC(n3c(=O)[nH]c4ccccc43)CC2)C1. The summed E-state index contributed by atoms with van der Waals surface area (Å²) in [6, 6.07) is 14.2. The molecule has 9 heteroatoms. The number of nitrogens with one attached hydrogen (secondary N) is 1. The maximum atomic E-state index is 12.6. The van der Waals surface area contributed by atoms with Crippen molar-refractivity contribution in [2.75, 3.05) is 26.2 Å². The molecule has 2 aromatic heterocycles. The molecule has 0 unspecified atom stereocenters. The number of carbonyl (C=O) groups excluding carboxylic acids is 1. The van der Waals surface area contributed by atoms with Gasteiger partial charge in [0, 0.05) is 74.0 Å². The van der Waals surface area contributed by atoms with Crippen LogP contribution in [0.1, 0.15) is 49.0 Å². The monoisotopic (exact) mass is 546 g/mol. The van der Waals surface area contributed by atoms with Gasteiger partial charge in [0.25, 0.3) is 0 Å². The first-order valence-corrected chi connectivity index (χ1v) is 14.3. The molecule has 0 atom stereocenters. The molecule has 0 bridgehead atoms. The minimum Gasteiger partial charge on any atom is -0.338 e. The number of aryl methyl sites for hydroxylation is 2. The van der Waals surface area contributed by atoms with E-state index in [0.717, 1.165) is 96.8 Å². The number of piperidine rings is 1. The van der Waals surface area contributed by atoms with Crippen LogP contribution in [-0.2, 0) is 24.3 Å². The summed E-state index contributed by atoms with van der Waals surface area (Å²) in [6.07, 6.45) is 3.76. The Hall–Kier alpha value is -3.36. The highest BCUT2D eigenvalue weighted by Gasteiger charge is 2.27. The number of hydrogen-bond acceptors (Lipinski definition) is 4. The lowest BCUT2D eigenvalue weighted by Gasteiger charge is -2.32. The molecule has 0 saturated carbocycles. The van der Waals surface area contributed by atoms with E-state index in [0.29, 0.717) is 6.54 Å². The van der Waals surface area contributed by atoms with Gasteiger partial charge >= 0.3 is 5.69 Å². The van der Waals surface area contributed by atoms with Crippen LogP contribution in [0.3, 0.4) is 0 Å². The van der Waals surface area contributed by atoms with Gasteiger partial charge in [-0.2, -0.15) is 5.10 Å². The standard InChI is InChI=1S/C30H35ClN6O2/c1-20-18-22(8-9-25(20)31)29-24-19-35(21(2)38)17-12-27(24)36(33-29)14-5-13-34-15-10-23(11-16-34)37-28-7-4-3-6-26(28)32-30(37)39/h3-4,6-9,18,23H,5,10-17,19H2,1-2H3,(H,32,39). The molecule has 39 heavy (non-hydrogen) atoms. The van der Waals surface area contributed by atoms with E-state index < -0.39 is 0 Å². The first kappa shape index (κ1) is 25.9. The molecule has 8 nitrogen and oxygen atoms in total. The molecule has 2 aliphatic rings. The van der Waals surface area contributed by atoms with Crippen molar-refractivity contribution in [2.24, 2.45) is 0 Å². The van der Waals surface area contributed by atoms with Crippen LogP contribution in [0, 0.1) is 6.92 Å². The van der Waals surface area contributed by atoms with Crippen LogP contribution in [-0.4, -0.2) is 61.2 Å². The molecule has 1 saturated heterocycles. The van der Waals surface area contributed by atoms with Crippen LogP contribution in [0.15, 0.2) is 47.3 Å². The zero-order chi connectivity index (χ0) is 27.1. The lowest BCUT2D eigenvalue weighted by Crippen LogP contribution is -2.37. The molecule has 2 aromatic carbocycles. The molecule has 4 heterocycles. The van der Waals surface area contributed by atoms with E-state index in [1.54, 1.807) is 6.92 Å². The Morgan fingerprint density at radius 2 is 1.90 bits per heavy atom. The van der Waals surface area contributed by atoms with Crippen LogP contribution < -0.4 is 5.69 Å². The number of likely N-dealkylation sites (tertiary alicyclic amines) is 1. The first-order valence-electron chi connectivity index (χ1n) is 13.9. The number of halogens is 1. The van der Waals surface area contributed by atoms with Crippen LogP contribution in [0.4, 0.5) is 0 Å². The van der Waals surface area contributed by atoms with E-state index in [1.807, 2.05) is 52.8 Å². The van der Waals surface area contributed by atoms with Gasteiger partial charge in [-0.05, 0) is 62.6 Å². The molecule has 204 valence electrons. The van der Waals surface area contributed by atoms with Gasteiger partial charge < -0.3 is 14.8 Å². The Kier molecular flexibility index (Phi) is 7.08. The second-order valence-corrected chi connectivity index (χ2v) is 11.3. The second kappa shape index (κ2) is 10.7. The summed E-state index contributed by atoms with van der Waals surface area (Å²) in [4.78, 5) is 32.2. The third-order valence-corrected chi connectivity index (χ3v) is 8.83. The summed E-state index contributed by atoms with van der Waals surface area (Å²) in [7, 11) is 0. The summed E-state index contributed by atoms with van der Waals surface area (Å²) in [5, 5.41) is 5.82. The normalized spacial score (nSPS) is 16.6. The van der Waals surface area contributed by atoms with Gasteiger partial charge in [-0.15, -0.1) is 0 Å². The number of aromatic nitrogens is 4. The first-order chi connectivity index (χ1) is 18.9. The van der Waals surface area contributed by atoms with Gasteiger partial charge in [0.1, 0.15) is 0 Å². The van der Waals surface area contributed by atoms with Crippen molar-refractivity contribution in [1.82, 2.24) is 29.1 Å².